The fourth-order valence-electron chi connectivity index (χ4n) is 2.26. The van der Waals surface area contributed by atoms with Gasteiger partial charge >= 0.3 is 0 Å². The zero-order chi connectivity index (χ0) is 11.8. The molecule has 0 unspecified atom stereocenters. The van der Waals surface area contributed by atoms with E-state index in [0.717, 1.165) is 5.82 Å². The van der Waals surface area contributed by atoms with E-state index in [2.05, 4.69) is 72.1 Å². The quantitative estimate of drug-likeness (QED) is 0.612. The first-order valence-corrected chi connectivity index (χ1v) is 5.79. The number of hydrogen-bond donors (Lipinski definition) is 1. The minimum atomic E-state index is 1.15. The molecule has 0 bridgehead atoms. The second-order valence-corrected chi connectivity index (χ2v) is 4.42. The predicted molar refractivity (Wildman–Crippen MR) is 69.6 cm³/mol. The van der Waals surface area contributed by atoms with Crippen LogP contribution in [-0.2, 0) is 7.05 Å². The van der Waals surface area contributed by atoms with Crippen LogP contribution in [0.3, 0.4) is 0 Å². The van der Waals surface area contributed by atoms with Crippen molar-refractivity contribution < 1.29 is 4.57 Å². The monoisotopic (exact) mass is 223 g/mol. The Labute approximate surface area is 101 Å². The van der Waals surface area contributed by atoms with E-state index < -0.39 is 0 Å². The lowest BCUT2D eigenvalue weighted by Crippen LogP contribution is -2.28. The van der Waals surface area contributed by atoms with Crippen LogP contribution in [0.5, 0.6) is 0 Å². The topological polar surface area (TPSA) is 19.7 Å². The van der Waals surface area contributed by atoms with Crippen LogP contribution >= 0.6 is 0 Å². The van der Waals surface area contributed by atoms with Crippen molar-refractivity contribution in [2.24, 2.45) is 7.05 Å². The van der Waals surface area contributed by atoms with Crippen LogP contribution in [0, 0.1) is 6.92 Å². The third-order valence-electron chi connectivity index (χ3n) is 3.15. The van der Waals surface area contributed by atoms with Gasteiger partial charge in [-0.25, -0.2) is 9.55 Å². The van der Waals surface area contributed by atoms with E-state index in [1.807, 2.05) is 0 Å². The van der Waals surface area contributed by atoms with Crippen molar-refractivity contribution in [1.29, 1.82) is 0 Å². The second-order valence-electron chi connectivity index (χ2n) is 4.42. The second kappa shape index (κ2) is 3.74. The number of aromatic amines is 1. The molecule has 1 N–H and O–H groups in total. The van der Waals surface area contributed by atoms with Gasteiger partial charge in [0.2, 0.25) is 0 Å². The van der Waals surface area contributed by atoms with Gasteiger partial charge in [0.15, 0.2) is 11.0 Å². The lowest BCUT2D eigenvalue weighted by atomic mass is 10.1. The number of para-hydroxylation sites is 2. The van der Waals surface area contributed by atoms with Crippen molar-refractivity contribution in [2.45, 2.75) is 6.92 Å². The van der Waals surface area contributed by atoms with Gasteiger partial charge in [-0.15, -0.1) is 0 Å². The normalized spacial score (nSPS) is 10.9. The average molecular weight is 223 g/mol. The molecule has 2 nitrogen and oxygen atoms in total. The Morgan fingerprint density at radius 1 is 1.00 bits per heavy atom. The van der Waals surface area contributed by atoms with Gasteiger partial charge in [-0.1, -0.05) is 29.8 Å². The molecular formula is C15H15N2+. The van der Waals surface area contributed by atoms with Gasteiger partial charge in [-0.05, 0) is 31.2 Å². The molecular weight excluding hydrogens is 208 g/mol. The number of hydrogen-bond acceptors (Lipinski definition) is 0. The van der Waals surface area contributed by atoms with E-state index in [1.165, 1.54) is 22.2 Å². The third-order valence-corrected chi connectivity index (χ3v) is 3.15. The molecule has 0 spiro atoms. The Hall–Kier alpha value is -2.09. The fourth-order valence-corrected chi connectivity index (χ4v) is 2.26. The minimum absolute atomic E-state index is 1.15. The van der Waals surface area contributed by atoms with Crippen LogP contribution in [0.25, 0.3) is 22.4 Å². The van der Waals surface area contributed by atoms with E-state index in [4.69, 9.17) is 0 Å². The highest BCUT2D eigenvalue weighted by Gasteiger charge is 2.16. The summed E-state index contributed by atoms with van der Waals surface area (Å²) in [5.74, 6) is 1.15. The van der Waals surface area contributed by atoms with Crippen molar-refractivity contribution >= 4 is 11.0 Å². The van der Waals surface area contributed by atoms with Crippen LogP contribution in [-0.4, -0.2) is 4.98 Å². The summed E-state index contributed by atoms with van der Waals surface area (Å²) in [6.07, 6.45) is 0. The molecule has 3 aromatic rings. The number of imidazole rings is 1. The summed E-state index contributed by atoms with van der Waals surface area (Å²) in [5.41, 5.74) is 4.90. The Morgan fingerprint density at radius 2 is 1.82 bits per heavy atom. The molecule has 2 aromatic carbocycles. The average Bonchev–Trinajstić information content (AvgIpc) is 2.68. The number of nitrogens with one attached hydrogen (secondary N) is 1. The SMILES string of the molecule is Cc1cccc(-c2[nH]c3ccccc3[n+]2C)c1. The van der Waals surface area contributed by atoms with Gasteiger partial charge in [-0.3, -0.25) is 0 Å². The molecule has 17 heavy (non-hydrogen) atoms. The summed E-state index contributed by atoms with van der Waals surface area (Å²) < 4.78 is 2.20. The molecule has 0 fully saturated rings. The molecule has 1 heterocycles. The molecule has 0 radical (unpaired) electrons. The molecule has 0 atom stereocenters. The van der Waals surface area contributed by atoms with Crippen molar-refractivity contribution in [3.63, 3.8) is 0 Å². The summed E-state index contributed by atoms with van der Waals surface area (Å²) in [5, 5.41) is 0. The van der Waals surface area contributed by atoms with Gasteiger partial charge in [-0.2, -0.15) is 0 Å². The van der Waals surface area contributed by atoms with E-state index in [-0.39, 0.29) is 0 Å². The first-order chi connectivity index (χ1) is 8.25. The molecule has 3 rings (SSSR count). The highest BCUT2D eigenvalue weighted by atomic mass is 15.1. The molecule has 0 aliphatic carbocycles. The van der Waals surface area contributed by atoms with Crippen molar-refractivity contribution in [1.82, 2.24) is 4.98 Å². The Bertz CT molecular complexity index is 680. The molecule has 0 aliphatic heterocycles. The van der Waals surface area contributed by atoms with Gasteiger partial charge in [0.25, 0.3) is 5.82 Å². The number of rotatable bonds is 1. The lowest BCUT2D eigenvalue weighted by molar-refractivity contribution is -0.633. The van der Waals surface area contributed by atoms with Crippen LogP contribution < -0.4 is 4.57 Å². The number of nitrogens with zero attached hydrogens (tertiary/aromatic N) is 1. The van der Waals surface area contributed by atoms with Gasteiger partial charge in [0.1, 0.15) is 0 Å². The highest BCUT2D eigenvalue weighted by molar-refractivity contribution is 5.74. The van der Waals surface area contributed by atoms with Crippen LogP contribution in [0.15, 0.2) is 48.5 Å². The standard InChI is InChI=1S/C15H14N2/c1-11-6-5-7-12(10-11)15-16-13-8-3-4-9-14(13)17(15)2/h3-10H,1-2H3/p+1. The van der Waals surface area contributed by atoms with Crippen LogP contribution in [0.1, 0.15) is 5.56 Å². The summed E-state index contributed by atoms with van der Waals surface area (Å²) in [6.45, 7) is 2.12. The maximum Gasteiger partial charge on any atom is 0.287 e. The largest absolute Gasteiger partial charge is 0.287 e. The predicted octanol–water partition coefficient (Wildman–Crippen LogP) is 2.97. The number of H-pyrrole nitrogens is 1. The zero-order valence-corrected chi connectivity index (χ0v) is 10.1. The van der Waals surface area contributed by atoms with Crippen LogP contribution in [0.2, 0.25) is 0 Å². The Kier molecular flexibility index (Phi) is 2.22. The zero-order valence-electron chi connectivity index (χ0n) is 10.1. The van der Waals surface area contributed by atoms with Gasteiger partial charge in [0.05, 0.1) is 12.6 Å². The molecule has 0 saturated heterocycles. The summed E-state index contributed by atoms with van der Waals surface area (Å²) in [6, 6.07) is 16.9. The van der Waals surface area contributed by atoms with Crippen molar-refractivity contribution in [3.8, 4) is 11.4 Å². The van der Waals surface area contributed by atoms with Gasteiger partial charge in [0, 0.05) is 0 Å². The first kappa shape index (κ1) is 10.1. The molecule has 0 saturated carbocycles. The Morgan fingerprint density at radius 3 is 2.59 bits per heavy atom. The Balaban J connectivity index is 2.27. The maximum atomic E-state index is 3.47. The number of benzene rings is 2. The van der Waals surface area contributed by atoms with Crippen molar-refractivity contribution in [2.75, 3.05) is 0 Å². The number of fused-ring (bicyclic) bond motifs is 1. The van der Waals surface area contributed by atoms with Gasteiger partial charge < -0.3 is 0 Å². The highest BCUT2D eigenvalue weighted by Crippen LogP contribution is 2.18. The van der Waals surface area contributed by atoms with E-state index >= 15 is 0 Å². The fraction of sp³-hybridized carbons (Fsp3) is 0.133. The smallest absolute Gasteiger partial charge is 0.236 e. The molecule has 2 heteroatoms. The first-order valence-electron chi connectivity index (χ1n) is 5.79. The number of aromatic nitrogens is 2. The third kappa shape index (κ3) is 1.62. The van der Waals surface area contributed by atoms with Crippen LogP contribution in [0.4, 0.5) is 0 Å². The summed E-state index contributed by atoms with van der Waals surface area (Å²) >= 11 is 0. The van der Waals surface area contributed by atoms with Crippen molar-refractivity contribution in [3.05, 3.63) is 54.1 Å². The summed E-state index contributed by atoms with van der Waals surface area (Å²) in [7, 11) is 2.09. The molecule has 0 amide bonds. The summed E-state index contributed by atoms with van der Waals surface area (Å²) in [4.78, 5) is 3.47. The minimum Gasteiger partial charge on any atom is -0.236 e. The molecule has 0 aliphatic rings. The van der Waals surface area contributed by atoms with E-state index in [9.17, 15) is 0 Å². The molecule has 84 valence electrons. The molecule has 1 aromatic heterocycles. The lowest BCUT2D eigenvalue weighted by Gasteiger charge is -1.97. The van der Waals surface area contributed by atoms with E-state index in [0.29, 0.717) is 0 Å². The number of aryl methyl sites for hydroxylation is 2. The maximum absolute atomic E-state index is 3.47. The van der Waals surface area contributed by atoms with E-state index in [1.54, 1.807) is 0 Å².